The zero-order valence-electron chi connectivity index (χ0n) is 12.1. The van der Waals surface area contributed by atoms with Crippen molar-refractivity contribution in [3.8, 4) is 0 Å². The Labute approximate surface area is 111 Å². The van der Waals surface area contributed by atoms with Crippen LogP contribution in [-0.2, 0) is 6.42 Å². The van der Waals surface area contributed by atoms with Crippen LogP contribution in [0.25, 0.3) is 0 Å². The maximum atomic E-state index is 13.9. The first-order valence-corrected chi connectivity index (χ1v) is 7.07. The quantitative estimate of drug-likeness (QED) is 0.767. The third kappa shape index (κ3) is 4.41. The van der Waals surface area contributed by atoms with Crippen LogP contribution in [0, 0.1) is 19.7 Å². The van der Waals surface area contributed by atoms with Crippen molar-refractivity contribution in [1.82, 2.24) is 5.32 Å². The summed E-state index contributed by atoms with van der Waals surface area (Å²) < 4.78 is 13.9. The van der Waals surface area contributed by atoms with Gasteiger partial charge in [-0.25, -0.2) is 4.39 Å². The monoisotopic (exact) mass is 251 g/mol. The Kier molecular flexibility index (Phi) is 6.34. The second-order valence-electron chi connectivity index (χ2n) is 5.14. The van der Waals surface area contributed by atoms with E-state index in [1.165, 1.54) is 0 Å². The van der Waals surface area contributed by atoms with Gasteiger partial charge in [0.1, 0.15) is 5.82 Å². The van der Waals surface area contributed by atoms with Gasteiger partial charge in [-0.2, -0.15) is 0 Å². The van der Waals surface area contributed by atoms with E-state index in [9.17, 15) is 4.39 Å². The molecular weight excluding hydrogens is 225 g/mol. The number of hydrogen-bond donors (Lipinski definition) is 1. The molecule has 18 heavy (non-hydrogen) atoms. The number of benzene rings is 1. The lowest BCUT2D eigenvalue weighted by Crippen LogP contribution is -2.29. The Hall–Kier alpha value is -0.890. The van der Waals surface area contributed by atoms with Gasteiger partial charge in [-0.1, -0.05) is 19.9 Å². The summed E-state index contributed by atoms with van der Waals surface area (Å²) in [5, 5.41) is 3.52. The summed E-state index contributed by atoms with van der Waals surface area (Å²) in [4.78, 5) is 0. The average molecular weight is 251 g/mol. The molecule has 0 amide bonds. The molecule has 2 heteroatoms. The van der Waals surface area contributed by atoms with E-state index in [1.807, 2.05) is 13.8 Å². The van der Waals surface area contributed by atoms with Crippen molar-refractivity contribution in [2.45, 2.75) is 59.4 Å². The lowest BCUT2D eigenvalue weighted by molar-refractivity contribution is 0.463. The molecule has 1 nitrogen and oxygen atoms in total. The molecule has 0 saturated heterocycles. The Morgan fingerprint density at radius 2 is 1.94 bits per heavy atom. The Morgan fingerprint density at radius 3 is 2.50 bits per heavy atom. The Balaban J connectivity index is 2.62. The smallest absolute Gasteiger partial charge is 0.126 e. The minimum Gasteiger partial charge on any atom is -0.314 e. The summed E-state index contributed by atoms with van der Waals surface area (Å²) in [6.45, 7) is 9.35. The Bertz CT molecular complexity index is 350. The van der Waals surface area contributed by atoms with Crippen molar-refractivity contribution in [3.63, 3.8) is 0 Å². The molecule has 1 aromatic rings. The lowest BCUT2D eigenvalue weighted by Gasteiger charge is -2.17. The highest BCUT2D eigenvalue weighted by atomic mass is 19.1. The van der Waals surface area contributed by atoms with Crippen LogP contribution in [0.15, 0.2) is 12.1 Å². The highest BCUT2D eigenvalue weighted by Gasteiger charge is 2.10. The third-order valence-corrected chi connectivity index (χ3v) is 3.48. The van der Waals surface area contributed by atoms with Gasteiger partial charge in [-0.05, 0) is 68.8 Å². The minimum atomic E-state index is -0.0437. The number of aryl methyl sites for hydroxylation is 2. The molecule has 0 fully saturated rings. The van der Waals surface area contributed by atoms with Gasteiger partial charge in [0.25, 0.3) is 0 Å². The van der Waals surface area contributed by atoms with E-state index < -0.39 is 0 Å². The van der Waals surface area contributed by atoms with Crippen molar-refractivity contribution in [2.24, 2.45) is 0 Å². The summed E-state index contributed by atoms with van der Waals surface area (Å²) in [6, 6.07) is 4.21. The summed E-state index contributed by atoms with van der Waals surface area (Å²) >= 11 is 0. The molecule has 0 aliphatic rings. The third-order valence-electron chi connectivity index (χ3n) is 3.48. The summed E-state index contributed by atoms with van der Waals surface area (Å²) in [6.07, 6.45) is 4.09. The molecule has 1 N–H and O–H groups in total. The second kappa shape index (κ2) is 7.52. The second-order valence-corrected chi connectivity index (χ2v) is 5.14. The molecule has 0 saturated carbocycles. The first-order chi connectivity index (χ1) is 8.58. The zero-order chi connectivity index (χ0) is 13.5. The largest absolute Gasteiger partial charge is 0.314 e. The van der Waals surface area contributed by atoms with Crippen LogP contribution in [-0.4, -0.2) is 12.6 Å². The molecule has 0 aromatic heterocycles. The van der Waals surface area contributed by atoms with E-state index in [0.717, 1.165) is 48.9 Å². The first kappa shape index (κ1) is 15.2. The fourth-order valence-corrected chi connectivity index (χ4v) is 2.38. The molecule has 1 unspecified atom stereocenters. The Morgan fingerprint density at radius 1 is 1.22 bits per heavy atom. The highest BCUT2D eigenvalue weighted by molar-refractivity contribution is 5.32. The summed E-state index contributed by atoms with van der Waals surface area (Å²) in [5.74, 6) is -0.0437. The van der Waals surface area contributed by atoms with Crippen LogP contribution in [0.2, 0.25) is 0 Å². The lowest BCUT2D eigenvalue weighted by atomic mass is 9.97. The van der Waals surface area contributed by atoms with Crippen molar-refractivity contribution in [3.05, 3.63) is 34.6 Å². The van der Waals surface area contributed by atoms with Crippen molar-refractivity contribution >= 4 is 0 Å². The average Bonchev–Trinajstić information content (AvgIpc) is 2.31. The molecule has 1 rings (SSSR count). The van der Waals surface area contributed by atoms with Gasteiger partial charge < -0.3 is 5.32 Å². The van der Waals surface area contributed by atoms with Crippen LogP contribution in [0.5, 0.6) is 0 Å². The molecular formula is C16H26FN. The molecule has 1 atom stereocenters. The van der Waals surface area contributed by atoms with Crippen molar-refractivity contribution in [2.75, 3.05) is 6.54 Å². The number of rotatable bonds is 7. The normalized spacial score (nSPS) is 12.7. The van der Waals surface area contributed by atoms with Gasteiger partial charge in [0.2, 0.25) is 0 Å². The van der Waals surface area contributed by atoms with Crippen LogP contribution in [0.3, 0.4) is 0 Å². The van der Waals surface area contributed by atoms with Gasteiger partial charge in [0, 0.05) is 6.04 Å². The molecule has 0 bridgehead atoms. The molecule has 0 spiro atoms. The zero-order valence-corrected chi connectivity index (χ0v) is 12.1. The topological polar surface area (TPSA) is 12.0 Å². The van der Waals surface area contributed by atoms with E-state index >= 15 is 0 Å². The maximum absolute atomic E-state index is 13.9. The minimum absolute atomic E-state index is 0.0437. The number of halogens is 1. The molecule has 0 aliphatic heterocycles. The van der Waals surface area contributed by atoms with Crippen LogP contribution < -0.4 is 5.32 Å². The van der Waals surface area contributed by atoms with Crippen molar-refractivity contribution < 1.29 is 4.39 Å². The molecule has 0 heterocycles. The van der Waals surface area contributed by atoms with Gasteiger partial charge in [-0.3, -0.25) is 0 Å². The maximum Gasteiger partial charge on any atom is 0.126 e. The highest BCUT2D eigenvalue weighted by Crippen LogP contribution is 2.18. The fourth-order valence-electron chi connectivity index (χ4n) is 2.38. The van der Waals surface area contributed by atoms with Gasteiger partial charge in [0.15, 0.2) is 0 Å². The first-order valence-electron chi connectivity index (χ1n) is 7.07. The molecule has 0 radical (unpaired) electrons. The van der Waals surface area contributed by atoms with E-state index in [-0.39, 0.29) is 5.82 Å². The summed E-state index contributed by atoms with van der Waals surface area (Å²) in [7, 11) is 0. The van der Waals surface area contributed by atoms with Crippen molar-refractivity contribution in [1.29, 1.82) is 0 Å². The van der Waals surface area contributed by atoms with Crippen LogP contribution in [0.1, 0.15) is 49.8 Å². The van der Waals surface area contributed by atoms with Crippen LogP contribution in [0.4, 0.5) is 4.39 Å². The predicted octanol–water partition coefficient (Wildman–Crippen LogP) is 4.15. The van der Waals surface area contributed by atoms with E-state index in [2.05, 4.69) is 25.2 Å². The standard InChI is InChI=1S/C16H26FN/c1-5-9-18-14(6-2)7-8-15-13(4)10-12(3)11-16(15)17/h10-11,14,18H,5-9H2,1-4H3. The van der Waals surface area contributed by atoms with Gasteiger partial charge in [-0.15, -0.1) is 0 Å². The molecule has 0 aliphatic carbocycles. The predicted molar refractivity (Wildman–Crippen MR) is 76.6 cm³/mol. The van der Waals surface area contributed by atoms with Gasteiger partial charge >= 0.3 is 0 Å². The molecule has 1 aromatic carbocycles. The van der Waals surface area contributed by atoms with E-state index in [4.69, 9.17) is 0 Å². The van der Waals surface area contributed by atoms with Crippen LogP contribution >= 0.6 is 0 Å². The fraction of sp³-hybridized carbons (Fsp3) is 0.625. The van der Waals surface area contributed by atoms with Gasteiger partial charge in [0.05, 0.1) is 0 Å². The summed E-state index contributed by atoms with van der Waals surface area (Å²) in [5.41, 5.74) is 2.97. The number of nitrogens with one attached hydrogen (secondary N) is 1. The van der Waals surface area contributed by atoms with E-state index in [1.54, 1.807) is 6.07 Å². The van der Waals surface area contributed by atoms with E-state index in [0.29, 0.717) is 6.04 Å². The SMILES string of the molecule is CCCNC(CC)CCc1c(C)cc(C)cc1F. The number of hydrogen-bond acceptors (Lipinski definition) is 1. The molecule has 102 valence electrons.